The van der Waals surface area contributed by atoms with Crippen molar-refractivity contribution in [3.05, 3.63) is 29.3 Å². The molecule has 0 aliphatic heterocycles. The molecule has 1 aromatic rings. The Labute approximate surface area is 95.8 Å². The standard InChI is InChI=1S/C12H18N2O2/c1-8-6-10(4-5-11(8)16-3)9(2)14-12(15)7-13/h4-6,9H,7,13H2,1-3H3,(H,14,15). The number of hydrogen-bond acceptors (Lipinski definition) is 3. The van der Waals surface area contributed by atoms with Crippen LogP contribution in [0.4, 0.5) is 0 Å². The predicted octanol–water partition coefficient (Wildman–Crippen LogP) is 1.14. The van der Waals surface area contributed by atoms with Gasteiger partial charge in [-0.25, -0.2) is 0 Å². The molecule has 1 unspecified atom stereocenters. The van der Waals surface area contributed by atoms with Gasteiger partial charge in [0.25, 0.3) is 0 Å². The zero-order valence-electron chi connectivity index (χ0n) is 9.91. The van der Waals surface area contributed by atoms with E-state index in [-0.39, 0.29) is 18.5 Å². The first-order valence-electron chi connectivity index (χ1n) is 5.22. The zero-order valence-corrected chi connectivity index (χ0v) is 9.91. The second-order valence-corrected chi connectivity index (χ2v) is 3.72. The topological polar surface area (TPSA) is 64.3 Å². The summed E-state index contributed by atoms with van der Waals surface area (Å²) in [4.78, 5) is 11.1. The molecule has 0 bridgehead atoms. The normalized spacial score (nSPS) is 12.0. The van der Waals surface area contributed by atoms with Crippen LogP contribution in [0.5, 0.6) is 5.75 Å². The lowest BCUT2D eigenvalue weighted by molar-refractivity contribution is -0.120. The minimum absolute atomic E-state index is 0.0134. The summed E-state index contributed by atoms with van der Waals surface area (Å²) in [6.07, 6.45) is 0. The van der Waals surface area contributed by atoms with Gasteiger partial charge in [-0.2, -0.15) is 0 Å². The van der Waals surface area contributed by atoms with E-state index in [1.54, 1.807) is 7.11 Å². The van der Waals surface area contributed by atoms with Gasteiger partial charge in [-0.3, -0.25) is 4.79 Å². The van der Waals surface area contributed by atoms with Crippen LogP contribution >= 0.6 is 0 Å². The Morgan fingerprint density at radius 1 is 1.56 bits per heavy atom. The summed E-state index contributed by atoms with van der Waals surface area (Å²) in [6, 6.07) is 5.80. The number of ether oxygens (including phenoxy) is 1. The summed E-state index contributed by atoms with van der Waals surface area (Å²) in [5.74, 6) is 0.696. The Kier molecular flexibility index (Phi) is 4.31. The maximum absolute atomic E-state index is 11.1. The van der Waals surface area contributed by atoms with Crippen LogP contribution < -0.4 is 15.8 Å². The summed E-state index contributed by atoms with van der Waals surface area (Å²) < 4.78 is 5.17. The second kappa shape index (κ2) is 5.51. The van der Waals surface area contributed by atoms with Gasteiger partial charge in [-0.1, -0.05) is 12.1 Å². The molecule has 1 atom stereocenters. The maximum atomic E-state index is 11.1. The van der Waals surface area contributed by atoms with Crippen LogP contribution in [-0.4, -0.2) is 19.6 Å². The van der Waals surface area contributed by atoms with Gasteiger partial charge in [0.15, 0.2) is 0 Å². The maximum Gasteiger partial charge on any atom is 0.234 e. The van der Waals surface area contributed by atoms with Crippen LogP contribution in [-0.2, 0) is 4.79 Å². The molecule has 1 aromatic carbocycles. The van der Waals surface area contributed by atoms with Crippen molar-refractivity contribution in [3.63, 3.8) is 0 Å². The Balaban J connectivity index is 2.80. The minimum Gasteiger partial charge on any atom is -0.496 e. The number of carbonyl (C=O) groups is 1. The summed E-state index contributed by atoms with van der Waals surface area (Å²) in [6.45, 7) is 3.91. The van der Waals surface area contributed by atoms with Crippen LogP contribution in [0.15, 0.2) is 18.2 Å². The third-order valence-corrected chi connectivity index (χ3v) is 2.48. The highest BCUT2D eigenvalue weighted by Gasteiger charge is 2.09. The number of aryl methyl sites for hydroxylation is 1. The predicted molar refractivity (Wildman–Crippen MR) is 63.3 cm³/mol. The molecule has 3 N–H and O–H groups in total. The fourth-order valence-electron chi connectivity index (χ4n) is 1.55. The van der Waals surface area contributed by atoms with Crippen LogP contribution in [0.3, 0.4) is 0 Å². The third kappa shape index (κ3) is 2.97. The Morgan fingerprint density at radius 3 is 2.75 bits per heavy atom. The summed E-state index contributed by atoms with van der Waals surface area (Å²) in [7, 11) is 1.64. The second-order valence-electron chi connectivity index (χ2n) is 3.72. The quantitative estimate of drug-likeness (QED) is 0.803. The van der Waals surface area contributed by atoms with Crippen molar-refractivity contribution in [1.82, 2.24) is 5.32 Å². The van der Waals surface area contributed by atoms with Crippen molar-refractivity contribution in [1.29, 1.82) is 0 Å². The largest absolute Gasteiger partial charge is 0.496 e. The number of nitrogens with two attached hydrogens (primary N) is 1. The molecule has 0 saturated heterocycles. The molecular formula is C12H18N2O2. The van der Waals surface area contributed by atoms with E-state index in [1.165, 1.54) is 0 Å². The van der Waals surface area contributed by atoms with E-state index in [1.807, 2.05) is 32.0 Å². The average molecular weight is 222 g/mol. The molecule has 88 valence electrons. The summed E-state index contributed by atoms with van der Waals surface area (Å²) >= 11 is 0. The highest BCUT2D eigenvalue weighted by molar-refractivity contribution is 5.78. The Morgan fingerprint density at radius 2 is 2.25 bits per heavy atom. The van der Waals surface area contributed by atoms with Crippen LogP contribution in [0.2, 0.25) is 0 Å². The molecule has 1 amide bonds. The molecule has 0 fully saturated rings. The number of carbonyl (C=O) groups excluding carboxylic acids is 1. The highest BCUT2D eigenvalue weighted by atomic mass is 16.5. The molecule has 0 aliphatic carbocycles. The molecule has 4 heteroatoms. The van der Waals surface area contributed by atoms with Crippen molar-refractivity contribution in [2.45, 2.75) is 19.9 Å². The van der Waals surface area contributed by atoms with Gasteiger partial charge in [-0.05, 0) is 31.0 Å². The number of nitrogens with one attached hydrogen (secondary N) is 1. The molecule has 0 radical (unpaired) electrons. The number of methoxy groups -OCH3 is 1. The lowest BCUT2D eigenvalue weighted by atomic mass is 10.0. The number of amides is 1. The minimum atomic E-state index is -0.152. The molecule has 0 heterocycles. The van der Waals surface area contributed by atoms with Crippen molar-refractivity contribution < 1.29 is 9.53 Å². The fourth-order valence-corrected chi connectivity index (χ4v) is 1.55. The smallest absolute Gasteiger partial charge is 0.234 e. The van der Waals surface area contributed by atoms with E-state index in [0.717, 1.165) is 16.9 Å². The molecule has 0 aromatic heterocycles. The number of rotatable bonds is 4. The highest BCUT2D eigenvalue weighted by Crippen LogP contribution is 2.22. The van der Waals surface area contributed by atoms with E-state index < -0.39 is 0 Å². The zero-order chi connectivity index (χ0) is 12.1. The van der Waals surface area contributed by atoms with Gasteiger partial charge in [0.2, 0.25) is 5.91 Å². The van der Waals surface area contributed by atoms with E-state index in [4.69, 9.17) is 10.5 Å². The van der Waals surface area contributed by atoms with Gasteiger partial charge < -0.3 is 15.8 Å². The summed E-state index contributed by atoms with van der Waals surface area (Å²) in [5, 5.41) is 2.81. The Bertz CT molecular complexity index is 377. The number of hydrogen-bond donors (Lipinski definition) is 2. The van der Waals surface area contributed by atoms with E-state index in [0.29, 0.717) is 0 Å². The van der Waals surface area contributed by atoms with Gasteiger partial charge in [0.05, 0.1) is 19.7 Å². The first kappa shape index (κ1) is 12.5. The van der Waals surface area contributed by atoms with E-state index in [2.05, 4.69) is 5.32 Å². The van der Waals surface area contributed by atoms with Crippen molar-refractivity contribution in [2.75, 3.05) is 13.7 Å². The lowest BCUT2D eigenvalue weighted by Gasteiger charge is -2.15. The SMILES string of the molecule is COc1ccc(C(C)NC(=O)CN)cc1C. The van der Waals surface area contributed by atoms with Crippen molar-refractivity contribution in [2.24, 2.45) is 5.73 Å². The molecule has 0 saturated carbocycles. The lowest BCUT2D eigenvalue weighted by Crippen LogP contribution is -2.32. The van der Waals surface area contributed by atoms with Crippen LogP contribution in [0.25, 0.3) is 0 Å². The monoisotopic (exact) mass is 222 g/mol. The number of benzene rings is 1. The van der Waals surface area contributed by atoms with E-state index in [9.17, 15) is 4.79 Å². The summed E-state index contributed by atoms with van der Waals surface area (Å²) in [5.41, 5.74) is 7.33. The van der Waals surface area contributed by atoms with Crippen LogP contribution in [0, 0.1) is 6.92 Å². The van der Waals surface area contributed by atoms with Gasteiger partial charge >= 0.3 is 0 Å². The van der Waals surface area contributed by atoms with E-state index >= 15 is 0 Å². The van der Waals surface area contributed by atoms with Crippen molar-refractivity contribution >= 4 is 5.91 Å². The van der Waals surface area contributed by atoms with Gasteiger partial charge in [-0.15, -0.1) is 0 Å². The fraction of sp³-hybridized carbons (Fsp3) is 0.417. The average Bonchev–Trinajstić information content (AvgIpc) is 2.28. The van der Waals surface area contributed by atoms with Crippen LogP contribution in [0.1, 0.15) is 24.1 Å². The molecule has 16 heavy (non-hydrogen) atoms. The van der Waals surface area contributed by atoms with Gasteiger partial charge in [0.1, 0.15) is 5.75 Å². The first-order valence-corrected chi connectivity index (χ1v) is 5.22. The molecular weight excluding hydrogens is 204 g/mol. The third-order valence-electron chi connectivity index (χ3n) is 2.48. The Hall–Kier alpha value is -1.55. The van der Waals surface area contributed by atoms with Crippen molar-refractivity contribution in [3.8, 4) is 5.75 Å². The van der Waals surface area contributed by atoms with Gasteiger partial charge in [0, 0.05) is 0 Å². The first-order chi connectivity index (χ1) is 7.58. The molecule has 1 rings (SSSR count). The molecule has 0 aliphatic rings. The molecule has 4 nitrogen and oxygen atoms in total. The molecule has 0 spiro atoms.